The SMILES string of the molecule is O=C(CC1=CCCC1=O)OOC1CCCCO1. The van der Waals surface area contributed by atoms with Crippen molar-refractivity contribution >= 4 is 11.8 Å². The zero-order valence-electron chi connectivity index (χ0n) is 9.65. The predicted octanol–water partition coefficient (Wildman–Crippen LogP) is 1.67. The van der Waals surface area contributed by atoms with E-state index in [1.807, 2.05) is 0 Å². The first-order valence-electron chi connectivity index (χ1n) is 5.95. The zero-order chi connectivity index (χ0) is 12.1. The number of hydrogen-bond donors (Lipinski definition) is 0. The van der Waals surface area contributed by atoms with Gasteiger partial charge in [0.15, 0.2) is 5.78 Å². The average molecular weight is 240 g/mol. The van der Waals surface area contributed by atoms with E-state index in [1.165, 1.54) is 0 Å². The summed E-state index contributed by atoms with van der Waals surface area (Å²) in [6.45, 7) is 0.631. The van der Waals surface area contributed by atoms with E-state index in [1.54, 1.807) is 6.08 Å². The molecule has 17 heavy (non-hydrogen) atoms. The van der Waals surface area contributed by atoms with E-state index in [0.717, 1.165) is 19.3 Å². The van der Waals surface area contributed by atoms with Crippen LogP contribution in [0.1, 0.15) is 38.5 Å². The Morgan fingerprint density at radius 1 is 1.47 bits per heavy atom. The largest absolute Gasteiger partial charge is 0.349 e. The molecular formula is C12H16O5. The third kappa shape index (κ3) is 3.64. The van der Waals surface area contributed by atoms with E-state index < -0.39 is 12.3 Å². The standard InChI is InChI=1S/C12H16O5/c13-10-5-3-4-9(10)8-11(14)16-17-12-6-1-2-7-15-12/h4,12H,1-3,5-8H2. The fourth-order valence-electron chi connectivity index (χ4n) is 1.90. The van der Waals surface area contributed by atoms with Crippen LogP contribution in [0.2, 0.25) is 0 Å². The summed E-state index contributed by atoms with van der Waals surface area (Å²) in [6, 6.07) is 0. The summed E-state index contributed by atoms with van der Waals surface area (Å²) >= 11 is 0. The molecule has 0 amide bonds. The summed E-state index contributed by atoms with van der Waals surface area (Å²) in [5.74, 6) is -0.517. The van der Waals surface area contributed by atoms with Gasteiger partial charge in [0, 0.05) is 25.0 Å². The summed E-state index contributed by atoms with van der Waals surface area (Å²) in [4.78, 5) is 32.2. The maximum Gasteiger partial charge on any atom is 0.346 e. The number of carbonyl (C=O) groups is 2. The van der Waals surface area contributed by atoms with Crippen LogP contribution in [0.5, 0.6) is 0 Å². The topological polar surface area (TPSA) is 61.8 Å². The number of carbonyl (C=O) groups excluding carboxylic acids is 2. The maximum atomic E-state index is 11.4. The maximum absolute atomic E-state index is 11.4. The number of ketones is 1. The number of hydrogen-bond acceptors (Lipinski definition) is 5. The molecule has 5 nitrogen and oxygen atoms in total. The third-order valence-electron chi connectivity index (χ3n) is 2.84. The van der Waals surface area contributed by atoms with Crippen molar-refractivity contribution in [2.45, 2.75) is 44.8 Å². The van der Waals surface area contributed by atoms with Gasteiger partial charge in [-0.1, -0.05) is 6.08 Å². The molecule has 0 aromatic heterocycles. The van der Waals surface area contributed by atoms with Crippen LogP contribution in [0.4, 0.5) is 0 Å². The monoisotopic (exact) mass is 240 g/mol. The van der Waals surface area contributed by atoms with Crippen molar-refractivity contribution in [2.24, 2.45) is 0 Å². The summed E-state index contributed by atoms with van der Waals surface area (Å²) in [7, 11) is 0. The van der Waals surface area contributed by atoms with Crippen LogP contribution in [-0.2, 0) is 24.1 Å². The van der Waals surface area contributed by atoms with E-state index in [9.17, 15) is 9.59 Å². The van der Waals surface area contributed by atoms with E-state index in [4.69, 9.17) is 9.62 Å². The van der Waals surface area contributed by atoms with Gasteiger partial charge in [-0.15, -0.1) is 0 Å². The van der Waals surface area contributed by atoms with Crippen molar-refractivity contribution in [3.8, 4) is 0 Å². The second-order valence-corrected chi connectivity index (χ2v) is 4.22. The van der Waals surface area contributed by atoms with Crippen molar-refractivity contribution in [3.05, 3.63) is 11.6 Å². The van der Waals surface area contributed by atoms with E-state index >= 15 is 0 Å². The van der Waals surface area contributed by atoms with Crippen molar-refractivity contribution in [2.75, 3.05) is 6.61 Å². The van der Waals surface area contributed by atoms with Gasteiger partial charge in [0.1, 0.15) is 0 Å². The predicted molar refractivity (Wildman–Crippen MR) is 57.7 cm³/mol. The Morgan fingerprint density at radius 2 is 2.35 bits per heavy atom. The van der Waals surface area contributed by atoms with Gasteiger partial charge in [0.2, 0.25) is 6.29 Å². The van der Waals surface area contributed by atoms with Crippen LogP contribution in [0.3, 0.4) is 0 Å². The Hall–Kier alpha value is -1.20. The van der Waals surface area contributed by atoms with Crippen molar-refractivity contribution in [1.29, 1.82) is 0 Å². The molecule has 2 rings (SSSR count). The van der Waals surface area contributed by atoms with Crippen LogP contribution in [0.25, 0.3) is 0 Å². The van der Waals surface area contributed by atoms with Gasteiger partial charge in [0.25, 0.3) is 0 Å². The Bertz CT molecular complexity index is 328. The molecule has 0 N–H and O–H groups in total. The highest BCUT2D eigenvalue weighted by atomic mass is 17.2. The van der Waals surface area contributed by atoms with Gasteiger partial charge in [-0.2, -0.15) is 4.89 Å². The summed E-state index contributed by atoms with van der Waals surface area (Å²) in [6.07, 6.45) is 5.27. The number of Topliss-reactive ketones (excluding diaryl/α,β-unsaturated/α-hetero) is 1. The van der Waals surface area contributed by atoms with Gasteiger partial charge < -0.3 is 4.74 Å². The smallest absolute Gasteiger partial charge is 0.346 e. The lowest BCUT2D eigenvalue weighted by molar-refractivity contribution is -0.358. The molecule has 0 aromatic rings. The third-order valence-corrected chi connectivity index (χ3v) is 2.84. The first-order valence-corrected chi connectivity index (χ1v) is 5.95. The Labute approximate surface area is 99.6 Å². The lowest BCUT2D eigenvalue weighted by atomic mass is 10.1. The van der Waals surface area contributed by atoms with Gasteiger partial charge in [-0.05, 0) is 19.3 Å². The average Bonchev–Trinajstić information content (AvgIpc) is 2.74. The van der Waals surface area contributed by atoms with E-state index in [0.29, 0.717) is 25.0 Å². The Balaban J connectivity index is 1.68. The fraction of sp³-hybridized carbons (Fsp3) is 0.667. The fourth-order valence-corrected chi connectivity index (χ4v) is 1.90. The molecule has 2 aliphatic rings. The Kier molecular flexibility index (Phi) is 4.28. The van der Waals surface area contributed by atoms with Crippen molar-refractivity contribution in [3.63, 3.8) is 0 Å². The molecule has 1 aliphatic carbocycles. The van der Waals surface area contributed by atoms with Crippen LogP contribution >= 0.6 is 0 Å². The van der Waals surface area contributed by atoms with Gasteiger partial charge in [0.05, 0.1) is 6.42 Å². The molecule has 1 aliphatic heterocycles. The molecule has 1 saturated heterocycles. The van der Waals surface area contributed by atoms with E-state index in [-0.39, 0.29) is 12.2 Å². The molecule has 94 valence electrons. The van der Waals surface area contributed by atoms with Gasteiger partial charge >= 0.3 is 5.97 Å². The minimum absolute atomic E-state index is 0.00838. The van der Waals surface area contributed by atoms with Crippen molar-refractivity contribution < 1.29 is 24.1 Å². The highest BCUT2D eigenvalue weighted by Crippen LogP contribution is 2.18. The second-order valence-electron chi connectivity index (χ2n) is 4.22. The molecule has 1 heterocycles. The summed E-state index contributed by atoms with van der Waals surface area (Å²) < 4.78 is 5.24. The van der Waals surface area contributed by atoms with Gasteiger partial charge in [-0.25, -0.2) is 4.79 Å². The van der Waals surface area contributed by atoms with Crippen LogP contribution < -0.4 is 0 Å². The first kappa shape index (κ1) is 12.3. The zero-order valence-corrected chi connectivity index (χ0v) is 9.65. The Morgan fingerprint density at radius 3 is 3.00 bits per heavy atom. The van der Waals surface area contributed by atoms with Crippen LogP contribution in [-0.4, -0.2) is 24.6 Å². The molecule has 1 fully saturated rings. The van der Waals surface area contributed by atoms with Crippen molar-refractivity contribution in [1.82, 2.24) is 0 Å². The summed E-state index contributed by atoms with van der Waals surface area (Å²) in [5, 5.41) is 0. The number of rotatable bonds is 4. The normalized spacial score (nSPS) is 24.6. The highest BCUT2D eigenvalue weighted by Gasteiger charge is 2.21. The molecule has 0 bridgehead atoms. The molecule has 0 spiro atoms. The number of ether oxygens (including phenoxy) is 1. The lowest BCUT2D eigenvalue weighted by Crippen LogP contribution is -2.24. The summed E-state index contributed by atoms with van der Waals surface area (Å²) in [5.41, 5.74) is 0.531. The molecule has 0 radical (unpaired) electrons. The molecule has 0 saturated carbocycles. The molecule has 1 atom stereocenters. The quantitative estimate of drug-likeness (QED) is 0.552. The van der Waals surface area contributed by atoms with Crippen LogP contribution in [0, 0.1) is 0 Å². The molecule has 5 heteroatoms. The first-order chi connectivity index (χ1) is 8.25. The van der Waals surface area contributed by atoms with Gasteiger partial charge in [-0.3, -0.25) is 9.68 Å². The minimum atomic E-state index is -0.541. The highest BCUT2D eigenvalue weighted by molar-refractivity contribution is 6.00. The second kappa shape index (κ2) is 5.93. The molecule has 1 unspecified atom stereocenters. The van der Waals surface area contributed by atoms with E-state index in [2.05, 4.69) is 4.89 Å². The molecular weight excluding hydrogens is 224 g/mol. The van der Waals surface area contributed by atoms with Crippen LogP contribution in [0.15, 0.2) is 11.6 Å². The minimum Gasteiger partial charge on any atom is -0.349 e. The molecule has 0 aromatic carbocycles. The number of allylic oxidation sites excluding steroid dienone is 1. The lowest BCUT2D eigenvalue weighted by Gasteiger charge is -2.20.